The van der Waals surface area contributed by atoms with Gasteiger partial charge in [-0.15, -0.1) is 0 Å². The van der Waals surface area contributed by atoms with Crippen LogP contribution in [0.25, 0.3) is 0 Å². The first-order valence-corrected chi connectivity index (χ1v) is 9.26. The summed E-state index contributed by atoms with van der Waals surface area (Å²) in [7, 11) is -3.89. The normalized spacial score (nSPS) is 15.0. The van der Waals surface area contributed by atoms with Crippen molar-refractivity contribution in [2.24, 2.45) is 0 Å². The van der Waals surface area contributed by atoms with E-state index in [0.717, 1.165) is 12.1 Å². The van der Waals surface area contributed by atoms with E-state index in [1.165, 1.54) is 12.1 Å². The van der Waals surface area contributed by atoms with Crippen LogP contribution in [-0.4, -0.2) is 20.9 Å². The number of halogens is 1. The van der Waals surface area contributed by atoms with Gasteiger partial charge in [0.25, 0.3) is 0 Å². The number of hydrogen-bond donors (Lipinski definition) is 0. The van der Waals surface area contributed by atoms with Crippen molar-refractivity contribution < 1.29 is 17.4 Å². The molecule has 1 fully saturated rings. The van der Waals surface area contributed by atoms with Gasteiger partial charge in [0.15, 0.2) is 0 Å². The zero-order valence-electron chi connectivity index (χ0n) is 12.1. The lowest BCUT2D eigenvalue weighted by Gasteiger charge is -2.16. The Kier molecular flexibility index (Phi) is 4.41. The van der Waals surface area contributed by atoms with Crippen molar-refractivity contribution >= 4 is 37.6 Å². The van der Waals surface area contributed by atoms with E-state index in [1.807, 2.05) is 0 Å². The first-order chi connectivity index (χ1) is 11.0. The fourth-order valence-corrected chi connectivity index (χ4v) is 3.93. The number of carbonyl (C=O) groups excluding carboxylic acids is 1. The van der Waals surface area contributed by atoms with Gasteiger partial charge < -0.3 is 9.08 Å². The number of anilines is 1. The highest BCUT2D eigenvalue weighted by molar-refractivity contribution is 9.10. The highest BCUT2D eigenvalue weighted by Crippen LogP contribution is 2.26. The van der Waals surface area contributed by atoms with Crippen molar-refractivity contribution in [3.05, 3.63) is 53.0 Å². The summed E-state index contributed by atoms with van der Waals surface area (Å²) < 4.78 is 30.3. The highest BCUT2D eigenvalue weighted by atomic mass is 79.9. The van der Waals surface area contributed by atoms with Crippen LogP contribution in [0.4, 0.5) is 5.69 Å². The average molecular weight is 396 g/mol. The van der Waals surface area contributed by atoms with E-state index in [2.05, 4.69) is 15.9 Å². The first kappa shape index (κ1) is 16.0. The molecule has 0 radical (unpaired) electrons. The molecular formula is C16H14BrNO4S. The Labute approximate surface area is 143 Å². The van der Waals surface area contributed by atoms with Crippen LogP contribution in [0.1, 0.15) is 12.8 Å². The second kappa shape index (κ2) is 6.33. The third-order valence-electron chi connectivity index (χ3n) is 3.51. The van der Waals surface area contributed by atoms with Crippen LogP contribution in [-0.2, 0) is 14.9 Å². The van der Waals surface area contributed by atoms with Gasteiger partial charge in [0.05, 0.1) is 0 Å². The zero-order valence-corrected chi connectivity index (χ0v) is 14.5. The largest absolute Gasteiger partial charge is 0.379 e. The number of carbonyl (C=O) groups is 1. The Morgan fingerprint density at radius 1 is 1.09 bits per heavy atom. The van der Waals surface area contributed by atoms with Crippen molar-refractivity contribution in [3.8, 4) is 5.75 Å². The van der Waals surface area contributed by atoms with Crippen LogP contribution in [0.3, 0.4) is 0 Å². The Bertz CT molecular complexity index is 833. The van der Waals surface area contributed by atoms with Crippen LogP contribution in [0.15, 0.2) is 57.9 Å². The molecule has 1 heterocycles. The minimum Gasteiger partial charge on any atom is -0.379 e. The van der Waals surface area contributed by atoms with Gasteiger partial charge >= 0.3 is 10.1 Å². The van der Waals surface area contributed by atoms with Crippen LogP contribution in [0, 0.1) is 0 Å². The van der Waals surface area contributed by atoms with E-state index < -0.39 is 10.1 Å². The first-order valence-electron chi connectivity index (χ1n) is 7.06. The molecule has 0 aromatic heterocycles. The van der Waals surface area contributed by atoms with Crippen molar-refractivity contribution in [2.75, 3.05) is 11.4 Å². The van der Waals surface area contributed by atoms with E-state index >= 15 is 0 Å². The number of benzene rings is 2. The van der Waals surface area contributed by atoms with Gasteiger partial charge in [0.2, 0.25) is 5.91 Å². The number of amides is 1. The van der Waals surface area contributed by atoms with Gasteiger partial charge in [-0.3, -0.25) is 4.79 Å². The molecule has 2 aromatic carbocycles. The van der Waals surface area contributed by atoms with E-state index in [9.17, 15) is 13.2 Å². The minimum atomic E-state index is -3.89. The van der Waals surface area contributed by atoms with Crippen molar-refractivity contribution in [2.45, 2.75) is 17.7 Å². The summed E-state index contributed by atoms with van der Waals surface area (Å²) in [5.74, 6) is 0.292. The van der Waals surface area contributed by atoms with Crippen LogP contribution in [0.2, 0.25) is 0 Å². The lowest BCUT2D eigenvalue weighted by molar-refractivity contribution is -0.117. The second-order valence-corrected chi connectivity index (χ2v) is 7.60. The molecule has 5 nitrogen and oxygen atoms in total. The monoisotopic (exact) mass is 395 g/mol. The Morgan fingerprint density at radius 3 is 2.43 bits per heavy atom. The lowest BCUT2D eigenvalue weighted by Crippen LogP contribution is -2.23. The standard InChI is InChI=1S/C16H14BrNO4S/c17-12-3-1-4-15(11-12)23(20,21)22-14-8-6-13(7-9-14)18-10-2-5-16(18)19/h1,3-4,6-9,11H,2,5,10H2. The van der Waals surface area contributed by atoms with Gasteiger partial charge in [-0.1, -0.05) is 22.0 Å². The summed E-state index contributed by atoms with van der Waals surface area (Å²) in [6, 6.07) is 12.8. The van der Waals surface area contributed by atoms with E-state index in [-0.39, 0.29) is 16.6 Å². The molecule has 0 aliphatic carbocycles. The average Bonchev–Trinajstić information content (AvgIpc) is 2.94. The van der Waals surface area contributed by atoms with Gasteiger partial charge in [0, 0.05) is 23.1 Å². The fourth-order valence-electron chi connectivity index (χ4n) is 2.40. The molecule has 3 rings (SSSR count). The molecule has 0 atom stereocenters. The molecule has 0 bridgehead atoms. The highest BCUT2D eigenvalue weighted by Gasteiger charge is 2.22. The predicted octanol–water partition coefficient (Wildman–Crippen LogP) is 3.34. The molecule has 1 aliphatic rings. The summed E-state index contributed by atoms with van der Waals surface area (Å²) in [6.45, 7) is 0.690. The minimum absolute atomic E-state index is 0.0747. The van der Waals surface area contributed by atoms with Crippen LogP contribution in [0.5, 0.6) is 5.75 Å². The van der Waals surface area contributed by atoms with Crippen molar-refractivity contribution in [1.82, 2.24) is 0 Å². The topological polar surface area (TPSA) is 63.7 Å². The molecule has 0 N–H and O–H groups in total. The van der Waals surface area contributed by atoms with Crippen LogP contribution >= 0.6 is 15.9 Å². The van der Waals surface area contributed by atoms with Crippen molar-refractivity contribution in [1.29, 1.82) is 0 Å². The predicted molar refractivity (Wildman–Crippen MR) is 90.0 cm³/mol. The summed E-state index contributed by atoms with van der Waals surface area (Å²) in [5.41, 5.74) is 0.750. The summed E-state index contributed by atoms with van der Waals surface area (Å²) >= 11 is 3.24. The molecule has 1 amide bonds. The summed E-state index contributed by atoms with van der Waals surface area (Å²) in [4.78, 5) is 13.5. The van der Waals surface area contributed by atoms with Crippen molar-refractivity contribution in [3.63, 3.8) is 0 Å². The molecule has 0 spiro atoms. The lowest BCUT2D eigenvalue weighted by atomic mass is 10.3. The molecule has 23 heavy (non-hydrogen) atoms. The van der Waals surface area contributed by atoms with Crippen LogP contribution < -0.4 is 9.08 Å². The maximum absolute atomic E-state index is 12.2. The summed E-state index contributed by atoms with van der Waals surface area (Å²) in [6.07, 6.45) is 1.39. The Hall–Kier alpha value is -1.86. The quantitative estimate of drug-likeness (QED) is 0.744. The van der Waals surface area contributed by atoms with E-state index in [4.69, 9.17) is 4.18 Å². The third-order valence-corrected chi connectivity index (χ3v) is 5.25. The second-order valence-electron chi connectivity index (χ2n) is 5.14. The third kappa shape index (κ3) is 3.56. The maximum Gasteiger partial charge on any atom is 0.339 e. The van der Waals surface area contributed by atoms with Gasteiger partial charge in [-0.2, -0.15) is 8.42 Å². The smallest absolute Gasteiger partial charge is 0.339 e. The van der Waals surface area contributed by atoms with Gasteiger partial charge in [-0.25, -0.2) is 0 Å². The van der Waals surface area contributed by atoms with E-state index in [1.54, 1.807) is 41.3 Å². The summed E-state index contributed by atoms with van der Waals surface area (Å²) in [5, 5.41) is 0. The van der Waals surface area contributed by atoms with Gasteiger partial charge in [0.1, 0.15) is 10.6 Å². The number of rotatable bonds is 4. The van der Waals surface area contributed by atoms with E-state index in [0.29, 0.717) is 17.4 Å². The number of hydrogen-bond acceptors (Lipinski definition) is 4. The maximum atomic E-state index is 12.2. The molecule has 1 saturated heterocycles. The molecule has 0 unspecified atom stereocenters. The zero-order chi connectivity index (χ0) is 16.4. The number of nitrogens with zero attached hydrogens (tertiary/aromatic N) is 1. The fraction of sp³-hybridized carbons (Fsp3) is 0.188. The SMILES string of the molecule is O=C1CCCN1c1ccc(OS(=O)(=O)c2cccc(Br)c2)cc1. The Morgan fingerprint density at radius 2 is 1.83 bits per heavy atom. The Balaban J connectivity index is 1.79. The molecular weight excluding hydrogens is 382 g/mol. The molecule has 1 aliphatic heterocycles. The van der Waals surface area contributed by atoms with Gasteiger partial charge in [-0.05, 0) is 48.9 Å². The molecule has 0 saturated carbocycles. The molecule has 2 aromatic rings. The molecule has 7 heteroatoms. The molecule has 120 valence electrons.